The van der Waals surface area contributed by atoms with Gasteiger partial charge in [0.1, 0.15) is 5.75 Å². The van der Waals surface area contributed by atoms with E-state index in [9.17, 15) is 9.90 Å². The Labute approximate surface area is 89.1 Å². The van der Waals surface area contributed by atoms with Gasteiger partial charge in [-0.2, -0.15) is 0 Å². The number of amides is 1. The number of benzene rings is 1. The molecular weight excluding hydrogens is 190 g/mol. The van der Waals surface area contributed by atoms with Crippen molar-refractivity contribution in [1.29, 1.82) is 0 Å². The molecule has 3 nitrogen and oxygen atoms in total. The third-order valence-corrected chi connectivity index (χ3v) is 2.78. The van der Waals surface area contributed by atoms with Gasteiger partial charge in [-0.25, -0.2) is 0 Å². The third-order valence-electron chi connectivity index (χ3n) is 2.78. The molecule has 0 radical (unpaired) electrons. The number of rotatable bonds is 3. The molecule has 1 aromatic rings. The quantitative estimate of drug-likeness (QED) is 0.789. The average molecular weight is 205 g/mol. The second-order valence-corrected chi connectivity index (χ2v) is 4.07. The van der Waals surface area contributed by atoms with Crippen molar-refractivity contribution in [2.24, 2.45) is 5.92 Å². The van der Waals surface area contributed by atoms with E-state index in [2.05, 4.69) is 5.32 Å². The molecule has 0 atom stereocenters. The zero-order valence-corrected chi connectivity index (χ0v) is 8.79. The van der Waals surface area contributed by atoms with Gasteiger partial charge in [-0.3, -0.25) is 4.79 Å². The number of phenolic OH excluding ortho intramolecular Hbond substituents is 1. The van der Waals surface area contributed by atoms with E-state index in [-0.39, 0.29) is 11.7 Å². The molecule has 3 heteroatoms. The van der Waals surface area contributed by atoms with Crippen LogP contribution in [0, 0.1) is 5.92 Å². The lowest BCUT2D eigenvalue weighted by Gasteiger charge is -2.05. The summed E-state index contributed by atoms with van der Waals surface area (Å²) in [5, 5.41) is 12.3. The molecule has 0 spiro atoms. The SMILES string of the molecule is CNC(=O)c1ccc(CC2CC2)c(O)c1. The summed E-state index contributed by atoms with van der Waals surface area (Å²) in [4.78, 5) is 11.3. The van der Waals surface area contributed by atoms with Crippen molar-refractivity contribution >= 4 is 5.91 Å². The summed E-state index contributed by atoms with van der Waals surface area (Å²) in [6, 6.07) is 5.14. The normalized spacial score (nSPS) is 15.0. The van der Waals surface area contributed by atoms with Crippen LogP contribution in [0.5, 0.6) is 5.75 Å². The highest BCUT2D eigenvalue weighted by atomic mass is 16.3. The Morgan fingerprint density at radius 2 is 2.27 bits per heavy atom. The van der Waals surface area contributed by atoms with Crippen LogP contribution < -0.4 is 5.32 Å². The standard InChI is InChI=1S/C12H15NO2/c1-13-12(15)10-5-4-9(11(14)7-10)6-8-2-3-8/h4-5,7-8,14H,2-3,6H2,1H3,(H,13,15). The third kappa shape index (κ3) is 2.29. The van der Waals surface area contributed by atoms with Gasteiger partial charge in [0.2, 0.25) is 0 Å². The summed E-state index contributed by atoms with van der Waals surface area (Å²) in [7, 11) is 1.58. The Hall–Kier alpha value is -1.51. The first-order chi connectivity index (χ1) is 7.20. The summed E-state index contributed by atoms with van der Waals surface area (Å²) in [6.07, 6.45) is 3.45. The number of nitrogens with one attached hydrogen (secondary N) is 1. The van der Waals surface area contributed by atoms with E-state index in [1.807, 2.05) is 6.07 Å². The highest BCUT2D eigenvalue weighted by Gasteiger charge is 2.22. The van der Waals surface area contributed by atoms with Gasteiger partial charge in [-0.15, -0.1) is 0 Å². The van der Waals surface area contributed by atoms with Gasteiger partial charge < -0.3 is 10.4 Å². The van der Waals surface area contributed by atoms with Crippen LogP contribution in [-0.2, 0) is 6.42 Å². The molecule has 1 saturated carbocycles. The lowest BCUT2D eigenvalue weighted by atomic mass is 10.0. The number of carbonyl (C=O) groups is 1. The molecule has 0 aliphatic heterocycles. The van der Waals surface area contributed by atoms with E-state index in [0.717, 1.165) is 17.9 Å². The summed E-state index contributed by atoms with van der Waals surface area (Å²) in [5.41, 5.74) is 1.46. The highest BCUT2D eigenvalue weighted by molar-refractivity contribution is 5.94. The van der Waals surface area contributed by atoms with Crippen molar-refractivity contribution in [1.82, 2.24) is 5.32 Å². The van der Waals surface area contributed by atoms with Crippen molar-refractivity contribution in [2.75, 3.05) is 7.05 Å². The minimum atomic E-state index is -0.164. The van der Waals surface area contributed by atoms with Crippen LogP contribution in [0.1, 0.15) is 28.8 Å². The predicted octanol–water partition coefficient (Wildman–Crippen LogP) is 1.70. The Balaban J connectivity index is 2.17. The van der Waals surface area contributed by atoms with E-state index in [0.29, 0.717) is 5.56 Å². The number of carbonyl (C=O) groups excluding carboxylic acids is 1. The molecule has 80 valence electrons. The highest BCUT2D eigenvalue weighted by Crippen LogP contribution is 2.35. The molecular formula is C12H15NO2. The summed E-state index contributed by atoms with van der Waals surface area (Å²) >= 11 is 0. The van der Waals surface area contributed by atoms with Gasteiger partial charge in [0.25, 0.3) is 5.91 Å². The zero-order valence-electron chi connectivity index (χ0n) is 8.79. The van der Waals surface area contributed by atoms with Crippen LogP contribution in [0.2, 0.25) is 0 Å². The predicted molar refractivity (Wildman–Crippen MR) is 57.9 cm³/mol. The van der Waals surface area contributed by atoms with E-state index in [1.165, 1.54) is 18.9 Å². The number of phenols is 1. The lowest BCUT2D eigenvalue weighted by molar-refractivity contribution is 0.0962. The molecule has 0 unspecified atom stereocenters. The largest absolute Gasteiger partial charge is 0.508 e. The van der Waals surface area contributed by atoms with Crippen LogP contribution >= 0.6 is 0 Å². The molecule has 1 aromatic carbocycles. The Morgan fingerprint density at radius 3 is 2.80 bits per heavy atom. The smallest absolute Gasteiger partial charge is 0.251 e. The van der Waals surface area contributed by atoms with E-state index < -0.39 is 0 Å². The van der Waals surface area contributed by atoms with E-state index >= 15 is 0 Å². The summed E-state index contributed by atoms with van der Waals surface area (Å²) in [5.74, 6) is 0.813. The minimum Gasteiger partial charge on any atom is -0.508 e. The van der Waals surface area contributed by atoms with Gasteiger partial charge in [-0.1, -0.05) is 6.07 Å². The lowest BCUT2D eigenvalue weighted by Crippen LogP contribution is -2.17. The van der Waals surface area contributed by atoms with Gasteiger partial charge in [0.15, 0.2) is 0 Å². The fourth-order valence-electron chi connectivity index (χ4n) is 1.66. The van der Waals surface area contributed by atoms with Crippen molar-refractivity contribution in [3.05, 3.63) is 29.3 Å². The Bertz CT molecular complexity index is 383. The van der Waals surface area contributed by atoms with E-state index in [4.69, 9.17) is 0 Å². The van der Waals surface area contributed by atoms with Gasteiger partial charge in [0.05, 0.1) is 0 Å². The van der Waals surface area contributed by atoms with Crippen LogP contribution in [0.15, 0.2) is 18.2 Å². The second kappa shape index (κ2) is 3.93. The maximum atomic E-state index is 11.3. The molecule has 1 aliphatic carbocycles. The van der Waals surface area contributed by atoms with Crippen LogP contribution in [0.3, 0.4) is 0 Å². The molecule has 0 bridgehead atoms. The maximum Gasteiger partial charge on any atom is 0.251 e. The molecule has 0 saturated heterocycles. The second-order valence-electron chi connectivity index (χ2n) is 4.07. The van der Waals surface area contributed by atoms with E-state index in [1.54, 1.807) is 13.1 Å². The molecule has 1 fully saturated rings. The zero-order chi connectivity index (χ0) is 10.8. The molecule has 2 N–H and O–H groups in total. The van der Waals surface area contributed by atoms with Gasteiger partial charge >= 0.3 is 0 Å². The first kappa shape index (κ1) is 10.0. The molecule has 0 aromatic heterocycles. The van der Waals surface area contributed by atoms with Gasteiger partial charge in [0, 0.05) is 12.6 Å². The molecule has 0 heterocycles. The maximum absolute atomic E-state index is 11.3. The number of hydrogen-bond donors (Lipinski definition) is 2. The molecule has 15 heavy (non-hydrogen) atoms. The molecule has 1 aliphatic rings. The van der Waals surface area contributed by atoms with Crippen molar-refractivity contribution in [2.45, 2.75) is 19.3 Å². The Kier molecular flexibility index (Phi) is 2.62. The van der Waals surface area contributed by atoms with Crippen LogP contribution in [0.4, 0.5) is 0 Å². The van der Waals surface area contributed by atoms with Crippen molar-refractivity contribution < 1.29 is 9.90 Å². The first-order valence-corrected chi connectivity index (χ1v) is 5.24. The number of hydrogen-bond acceptors (Lipinski definition) is 2. The average Bonchev–Trinajstić information content (AvgIpc) is 3.04. The van der Waals surface area contributed by atoms with Crippen LogP contribution in [0.25, 0.3) is 0 Å². The summed E-state index contributed by atoms with van der Waals surface area (Å²) < 4.78 is 0. The van der Waals surface area contributed by atoms with Crippen molar-refractivity contribution in [3.63, 3.8) is 0 Å². The van der Waals surface area contributed by atoms with Crippen molar-refractivity contribution in [3.8, 4) is 5.75 Å². The fraction of sp³-hybridized carbons (Fsp3) is 0.417. The summed E-state index contributed by atoms with van der Waals surface area (Å²) in [6.45, 7) is 0. The van der Waals surface area contributed by atoms with Crippen LogP contribution in [-0.4, -0.2) is 18.1 Å². The molecule has 1 amide bonds. The minimum absolute atomic E-state index is 0.164. The van der Waals surface area contributed by atoms with Gasteiger partial charge in [-0.05, 0) is 42.9 Å². The number of aromatic hydroxyl groups is 1. The topological polar surface area (TPSA) is 49.3 Å². The monoisotopic (exact) mass is 205 g/mol. The first-order valence-electron chi connectivity index (χ1n) is 5.24. The fourth-order valence-corrected chi connectivity index (χ4v) is 1.66. The molecule has 2 rings (SSSR count). The Morgan fingerprint density at radius 1 is 1.53 bits per heavy atom.